The Morgan fingerprint density at radius 3 is 2.71 bits per heavy atom. The minimum Gasteiger partial charge on any atom is -0.438 e. The van der Waals surface area contributed by atoms with E-state index in [4.69, 9.17) is 10.5 Å². The van der Waals surface area contributed by atoms with Gasteiger partial charge in [0.1, 0.15) is 11.9 Å². The molecule has 0 saturated carbocycles. The second kappa shape index (κ2) is 4.15. The molecule has 1 atom stereocenters. The van der Waals surface area contributed by atoms with E-state index in [-0.39, 0.29) is 0 Å². The number of aliphatic hydroxyl groups excluding tert-OH is 1. The average Bonchev–Trinajstić information content (AvgIpc) is 2.11. The summed E-state index contributed by atoms with van der Waals surface area (Å²) >= 11 is 0. The van der Waals surface area contributed by atoms with E-state index in [1.165, 1.54) is 6.92 Å². The molecule has 2 N–H and O–H groups in total. The molecule has 76 valence electrons. The molecule has 1 aromatic carbocycles. The molecule has 0 aliphatic rings. The summed E-state index contributed by atoms with van der Waals surface area (Å²) in [5.74, 6) is -2.39. The maximum Gasteiger partial charge on any atom is 0.216 e. The van der Waals surface area contributed by atoms with Gasteiger partial charge >= 0.3 is 0 Å². The highest BCUT2D eigenvalue weighted by Crippen LogP contribution is 2.18. The Hall–Kier alpha value is -1.49. The number of ether oxygens (including phenoxy) is 1. The van der Waals surface area contributed by atoms with Crippen LogP contribution >= 0.6 is 0 Å². The van der Waals surface area contributed by atoms with Gasteiger partial charge in [0.25, 0.3) is 0 Å². The third-order valence-electron chi connectivity index (χ3n) is 1.49. The molecule has 0 saturated heterocycles. The van der Waals surface area contributed by atoms with Gasteiger partial charge < -0.3 is 9.84 Å². The number of halogens is 2. The maximum atomic E-state index is 12.9. The van der Waals surface area contributed by atoms with Gasteiger partial charge in [0.2, 0.25) is 5.90 Å². The number of benzene rings is 1. The van der Waals surface area contributed by atoms with E-state index in [1.54, 1.807) is 0 Å². The lowest BCUT2D eigenvalue weighted by molar-refractivity contribution is 0.235. The number of hydrogen-bond donors (Lipinski definition) is 2. The van der Waals surface area contributed by atoms with Crippen molar-refractivity contribution >= 4 is 5.90 Å². The molecule has 0 amide bonds. The summed E-state index contributed by atoms with van der Waals surface area (Å²) in [5.41, 5.74) is 0. The normalized spacial score (nSPS) is 12.3. The molecule has 0 aromatic heterocycles. The Kier molecular flexibility index (Phi) is 3.14. The van der Waals surface area contributed by atoms with E-state index in [9.17, 15) is 8.78 Å². The van der Waals surface area contributed by atoms with E-state index in [1.807, 2.05) is 0 Å². The first-order chi connectivity index (χ1) is 6.50. The van der Waals surface area contributed by atoms with Crippen molar-refractivity contribution in [3.63, 3.8) is 0 Å². The van der Waals surface area contributed by atoms with E-state index in [0.717, 1.165) is 18.2 Å². The lowest BCUT2D eigenvalue weighted by atomic mass is 10.3. The van der Waals surface area contributed by atoms with Crippen LogP contribution in [0.5, 0.6) is 5.75 Å². The Balaban J connectivity index is 2.86. The smallest absolute Gasteiger partial charge is 0.216 e. The fourth-order valence-electron chi connectivity index (χ4n) is 0.759. The summed E-state index contributed by atoms with van der Waals surface area (Å²) < 4.78 is 30.1. The fraction of sp³-hybridized carbons (Fsp3) is 0.222. The Morgan fingerprint density at radius 2 is 2.14 bits per heavy atom. The highest BCUT2D eigenvalue weighted by Gasteiger charge is 2.11. The van der Waals surface area contributed by atoms with Crippen molar-refractivity contribution in [1.29, 1.82) is 5.41 Å². The summed E-state index contributed by atoms with van der Waals surface area (Å²) in [5, 5.41) is 16.0. The third-order valence-corrected chi connectivity index (χ3v) is 1.49. The zero-order valence-electron chi connectivity index (χ0n) is 7.42. The highest BCUT2D eigenvalue weighted by molar-refractivity contribution is 5.79. The van der Waals surface area contributed by atoms with E-state index in [2.05, 4.69) is 4.74 Å². The Labute approximate surface area is 79.5 Å². The van der Waals surface area contributed by atoms with Crippen LogP contribution in [0.2, 0.25) is 0 Å². The lowest BCUT2D eigenvalue weighted by Crippen LogP contribution is -2.21. The van der Waals surface area contributed by atoms with Crippen molar-refractivity contribution in [2.75, 3.05) is 0 Å². The first-order valence-corrected chi connectivity index (χ1v) is 3.90. The molecule has 0 aliphatic carbocycles. The topological polar surface area (TPSA) is 53.3 Å². The molecule has 0 radical (unpaired) electrons. The molecule has 0 heterocycles. The second-order valence-corrected chi connectivity index (χ2v) is 2.72. The number of nitrogens with one attached hydrogen (secondary N) is 1. The van der Waals surface area contributed by atoms with Crippen molar-refractivity contribution in [1.82, 2.24) is 0 Å². The van der Waals surface area contributed by atoms with E-state index < -0.39 is 29.4 Å². The van der Waals surface area contributed by atoms with Crippen LogP contribution in [0.4, 0.5) is 8.78 Å². The van der Waals surface area contributed by atoms with Gasteiger partial charge in [0.15, 0.2) is 11.6 Å². The van der Waals surface area contributed by atoms with Gasteiger partial charge in [-0.05, 0) is 19.1 Å². The predicted molar refractivity (Wildman–Crippen MR) is 46.4 cm³/mol. The van der Waals surface area contributed by atoms with Crippen LogP contribution < -0.4 is 4.74 Å². The van der Waals surface area contributed by atoms with Crippen LogP contribution in [-0.2, 0) is 0 Å². The predicted octanol–water partition coefficient (Wildman–Crippen LogP) is 1.70. The van der Waals surface area contributed by atoms with Gasteiger partial charge in [-0.15, -0.1) is 0 Å². The molecule has 0 fully saturated rings. The van der Waals surface area contributed by atoms with Gasteiger partial charge in [-0.2, -0.15) is 0 Å². The van der Waals surface area contributed by atoms with Crippen molar-refractivity contribution in [3.8, 4) is 5.75 Å². The molecule has 3 nitrogen and oxygen atoms in total. The summed E-state index contributed by atoms with van der Waals surface area (Å²) in [6.45, 7) is 1.29. The van der Waals surface area contributed by atoms with Crippen LogP contribution in [0.25, 0.3) is 0 Å². The molecule has 5 heteroatoms. The third kappa shape index (κ3) is 2.50. The second-order valence-electron chi connectivity index (χ2n) is 2.72. The maximum absolute atomic E-state index is 12.9. The van der Waals surface area contributed by atoms with E-state index in [0.29, 0.717) is 0 Å². The Morgan fingerprint density at radius 1 is 1.50 bits per heavy atom. The molecule has 0 bridgehead atoms. The number of hydrogen-bond acceptors (Lipinski definition) is 3. The fourth-order valence-corrected chi connectivity index (χ4v) is 0.759. The summed E-state index contributed by atoms with van der Waals surface area (Å²) in [7, 11) is 0. The molecular formula is C9H9F2NO2. The lowest BCUT2D eigenvalue weighted by Gasteiger charge is -2.09. The van der Waals surface area contributed by atoms with Crippen molar-refractivity contribution < 1.29 is 18.6 Å². The minimum atomic E-state index is -1.15. The van der Waals surface area contributed by atoms with Crippen LogP contribution in [-0.4, -0.2) is 17.1 Å². The quantitative estimate of drug-likeness (QED) is 0.565. The molecule has 0 aliphatic heterocycles. The summed E-state index contributed by atoms with van der Waals surface area (Å²) in [6.07, 6.45) is -1.15. The average molecular weight is 201 g/mol. The molecule has 14 heavy (non-hydrogen) atoms. The van der Waals surface area contributed by atoms with Gasteiger partial charge in [-0.3, -0.25) is 5.41 Å². The van der Waals surface area contributed by atoms with Gasteiger partial charge in [0, 0.05) is 6.07 Å². The SMILES string of the molecule is CC(O)C(=N)Oc1cc(F)ccc1F. The molecule has 1 aromatic rings. The number of rotatable bonds is 2. The van der Waals surface area contributed by atoms with Gasteiger partial charge in [-0.25, -0.2) is 8.78 Å². The summed E-state index contributed by atoms with van der Waals surface area (Å²) in [4.78, 5) is 0. The van der Waals surface area contributed by atoms with Crippen molar-refractivity contribution in [2.45, 2.75) is 13.0 Å². The van der Waals surface area contributed by atoms with Crippen LogP contribution in [0.3, 0.4) is 0 Å². The molecule has 1 unspecified atom stereocenters. The highest BCUT2D eigenvalue weighted by atomic mass is 19.1. The Bertz CT molecular complexity index is 353. The number of aliphatic hydroxyl groups is 1. The van der Waals surface area contributed by atoms with Crippen LogP contribution in [0.1, 0.15) is 6.92 Å². The monoisotopic (exact) mass is 201 g/mol. The summed E-state index contributed by atoms with van der Waals surface area (Å²) in [6, 6.07) is 2.64. The zero-order chi connectivity index (χ0) is 10.7. The first kappa shape index (κ1) is 10.6. The van der Waals surface area contributed by atoms with Gasteiger partial charge in [0.05, 0.1) is 0 Å². The largest absolute Gasteiger partial charge is 0.438 e. The minimum absolute atomic E-state index is 0.407. The molecular weight excluding hydrogens is 192 g/mol. The van der Waals surface area contributed by atoms with Gasteiger partial charge in [-0.1, -0.05) is 0 Å². The van der Waals surface area contributed by atoms with Crippen LogP contribution in [0, 0.1) is 17.0 Å². The molecule has 1 rings (SSSR count). The first-order valence-electron chi connectivity index (χ1n) is 3.90. The zero-order valence-corrected chi connectivity index (χ0v) is 7.42. The van der Waals surface area contributed by atoms with Crippen LogP contribution in [0.15, 0.2) is 18.2 Å². The van der Waals surface area contributed by atoms with E-state index >= 15 is 0 Å². The van der Waals surface area contributed by atoms with Crippen molar-refractivity contribution in [2.24, 2.45) is 0 Å². The molecule has 0 spiro atoms. The van der Waals surface area contributed by atoms with Crippen molar-refractivity contribution in [3.05, 3.63) is 29.8 Å². The standard InChI is InChI=1S/C9H9F2NO2/c1-5(13)9(12)14-8-4-6(10)2-3-7(8)11/h2-5,12-13H,1H3.